The van der Waals surface area contributed by atoms with E-state index in [1.54, 1.807) is 0 Å². The predicted molar refractivity (Wildman–Crippen MR) is 48.1 cm³/mol. The first-order valence-corrected chi connectivity index (χ1v) is 4.41. The molecule has 0 unspecified atom stereocenters. The van der Waals surface area contributed by atoms with Crippen LogP contribution < -0.4 is 11.1 Å². The molecule has 1 rings (SSSR count). The van der Waals surface area contributed by atoms with Crippen LogP contribution in [0.4, 0.5) is 0 Å². The summed E-state index contributed by atoms with van der Waals surface area (Å²) in [6.45, 7) is 8.09. The normalized spacial score (nSPS) is 31.5. The molecule has 1 aliphatic heterocycles. The maximum atomic E-state index is 11.7. The average molecular weight is 171 g/mol. The highest BCUT2D eigenvalue weighted by Crippen LogP contribution is 2.32. The second-order valence-electron chi connectivity index (χ2n) is 5.31. The number of hydrogen-bond acceptors (Lipinski definition) is 2. The van der Waals surface area contributed by atoms with Gasteiger partial charge in [-0.05, 0) is 27.7 Å². The molecule has 0 amide bonds. The molecule has 12 heavy (non-hydrogen) atoms. The molecular formula is C9H19N2O. The van der Waals surface area contributed by atoms with Crippen molar-refractivity contribution in [2.24, 2.45) is 5.73 Å². The van der Waals surface area contributed by atoms with Crippen LogP contribution >= 0.6 is 0 Å². The van der Waals surface area contributed by atoms with E-state index in [0.29, 0.717) is 12.8 Å². The topological polar surface area (TPSA) is 58.0 Å². The van der Waals surface area contributed by atoms with Gasteiger partial charge in [0.2, 0.25) is 0 Å². The van der Waals surface area contributed by atoms with Gasteiger partial charge in [0, 0.05) is 23.9 Å². The Morgan fingerprint density at radius 3 is 1.67 bits per heavy atom. The Balaban J connectivity index is 2.81. The highest BCUT2D eigenvalue weighted by atomic mass is 16.3. The highest BCUT2D eigenvalue weighted by molar-refractivity contribution is 5.01. The van der Waals surface area contributed by atoms with Crippen LogP contribution in [0.5, 0.6) is 0 Å². The Labute approximate surface area is 74.3 Å². The van der Waals surface area contributed by atoms with E-state index in [1.165, 1.54) is 0 Å². The van der Waals surface area contributed by atoms with E-state index in [1.807, 2.05) is 27.7 Å². The number of rotatable bonds is 0. The van der Waals surface area contributed by atoms with Gasteiger partial charge in [0.1, 0.15) is 0 Å². The van der Waals surface area contributed by atoms with Crippen LogP contribution in [0.15, 0.2) is 0 Å². The molecule has 1 saturated heterocycles. The first kappa shape index (κ1) is 9.96. The van der Waals surface area contributed by atoms with Crippen molar-refractivity contribution in [2.75, 3.05) is 0 Å². The smallest absolute Gasteiger partial charge is 0.155 e. The monoisotopic (exact) mass is 171 g/mol. The third-order valence-corrected chi connectivity index (χ3v) is 2.16. The summed E-state index contributed by atoms with van der Waals surface area (Å²) in [4.78, 5) is 0. The van der Waals surface area contributed by atoms with Crippen molar-refractivity contribution in [3.63, 3.8) is 0 Å². The molecule has 3 N–H and O–H groups in total. The third kappa shape index (κ3) is 2.44. The summed E-state index contributed by atoms with van der Waals surface area (Å²) < 4.78 is 0. The number of piperidine rings is 1. The minimum Gasteiger partial charge on any atom is -0.307 e. The molecule has 1 fully saturated rings. The molecule has 1 heterocycles. The van der Waals surface area contributed by atoms with E-state index in [4.69, 9.17) is 5.73 Å². The van der Waals surface area contributed by atoms with E-state index in [2.05, 4.69) is 5.32 Å². The zero-order valence-electron chi connectivity index (χ0n) is 8.40. The van der Waals surface area contributed by atoms with E-state index in [9.17, 15) is 5.11 Å². The molecule has 0 saturated carbocycles. The molecule has 0 spiro atoms. The molecule has 0 aromatic carbocycles. The maximum absolute atomic E-state index is 11.7. The van der Waals surface area contributed by atoms with Crippen molar-refractivity contribution in [1.29, 1.82) is 0 Å². The SMILES string of the molecule is CC1(C)CC(N)([O])CC(C)(C)N1. The maximum Gasteiger partial charge on any atom is 0.155 e. The Morgan fingerprint density at radius 1 is 1.08 bits per heavy atom. The summed E-state index contributed by atoms with van der Waals surface area (Å²) in [7, 11) is 0. The standard InChI is InChI=1S/C9H19N2O/c1-7(2)5-9(10,12)6-8(3,4)11-7/h11H,5-6,10H2,1-4H3. The summed E-state index contributed by atoms with van der Waals surface area (Å²) in [5.41, 5.74) is 4.09. The summed E-state index contributed by atoms with van der Waals surface area (Å²) in [5.74, 6) is 0. The van der Waals surface area contributed by atoms with Crippen molar-refractivity contribution in [1.82, 2.24) is 5.32 Å². The second-order valence-corrected chi connectivity index (χ2v) is 5.31. The molecule has 71 valence electrons. The fourth-order valence-electron chi connectivity index (χ4n) is 2.56. The van der Waals surface area contributed by atoms with Crippen molar-refractivity contribution in [2.45, 2.75) is 57.3 Å². The summed E-state index contributed by atoms with van der Waals surface area (Å²) >= 11 is 0. The number of hydrogen-bond donors (Lipinski definition) is 2. The predicted octanol–water partition coefficient (Wildman–Crippen LogP) is 1.01. The summed E-state index contributed by atoms with van der Waals surface area (Å²) in [6.07, 6.45) is 0.979. The first-order valence-electron chi connectivity index (χ1n) is 4.41. The van der Waals surface area contributed by atoms with Gasteiger partial charge in [-0.3, -0.25) is 0 Å². The lowest BCUT2D eigenvalue weighted by Gasteiger charge is -2.48. The third-order valence-electron chi connectivity index (χ3n) is 2.16. The van der Waals surface area contributed by atoms with E-state index in [0.717, 1.165) is 0 Å². The minimum absolute atomic E-state index is 0.141. The van der Waals surface area contributed by atoms with Crippen LogP contribution in [0.1, 0.15) is 40.5 Å². The fraction of sp³-hybridized carbons (Fsp3) is 1.00. The Kier molecular flexibility index (Phi) is 2.02. The minimum atomic E-state index is -1.27. The molecule has 3 nitrogen and oxygen atoms in total. The zero-order valence-corrected chi connectivity index (χ0v) is 8.40. The van der Waals surface area contributed by atoms with Crippen LogP contribution in [0.3, 0.4) is 0 Å². The lowest BCUT2D eigenvalue weighted by Crippen LogP contribution is -2.65. The summed E-state index contributed by atoms with van der Waals surface area (Å²) in [5, 5.41) is 15.1. The molecule has 0 bridgehead atoms. The Morgan fingerprint density at radius 2 is 1.42 bits per heavy atom. The first-order chi connectivity index (χ1) is 5.12. The van der Waals surface area contributed by atoms with Crippen molar-refractivity contribution in [3.8, 4) is 0 Å². The van der Waals surface area contributed by atoms with Crippen LogP contribution in [0, 0.1) is 0 Å². The molecule has 0 aromatic rings. The van der Waals surface area contributed by atoms with Gasteiger partial charge in [0.15, 0.2) is 5.72 Å². The number of nitrogens with one attached hydrogen (secondary N) is 1. The van der Waals surface area contributed by atoms with Gasteiger partial charge in [-0.2, -0.15) is 0 Å². The average Bonchev–Trinajstić information content (AvgIpc) is 1.44. The van der Waals surface area contributed by atoms with Gasteiger partial charge in [-0.15, -0.1) is 0 Å². The van der Waals surface area contributed by atoms with Crippen LogP contribution in [0.25, 0.3) is 0 Å². The number of nitrogens with two attached hydrogens (primary N) is 1. The lowest BCUT2D eigenvalue weighted by atomic mass is 9.78. The van der Waals surface area contributed by atoms with E-state index in [-0.39, 0.29) is 11.1 Å². The zero-order chi connectivity index (χ0) is 9.62. The van der Waals surface area contributed by atoms with Crippen LogP contribution in [-0.4, -0.2) is 16.8 Å². The second kappa shape index (κ2) is 2.44. The van der Waals surface area contributed by atoms with Crippen LogP contribution in [-0.2, 0) is 5.11 Å². The molecule has 0 aliphatic carbocycles. The Hall–Kier alpha value is -0.120. The molecule has 0 atom stereocenters. The Bertz CT molecular complexity index is 140. The molecular weight excluding hydrogens is 152 g/mol. The molecule has 0 aromatic heterocycles. The highest BCUT2D eigenvalue weighted by Gasteiger charge is 2.44. The van der Waals surface area contributed by atoms with Gasteiger partial charge in [0.05, 0.1) is 0 Å². The van der Waals surface area contributed by atoms with E-state index < -0.39 is 5.72 Å². The van der Waals surface area contributed by atoms with Crippen molar-refractivity contribution < 1.29 is 5.11 Å². The quantitative estimate of drug-likeness (QED) is 0.534. The fourth-order valence-corrected chi connectivity index (χ4v) is 2.56. The lowest BCUT2D eigenvalue weighted by molar-refractivity contribution is -0.0985. The molecule has 1 radical (unpaired) electrons. The largest absolute Gasteiger partial charge is 0.307 e. The summed E-state index contributed by atoms with van der Waals surface area (Å²) in [6, 6.07) is 0. The van der Waals surface area contributed by atoms with Crippen molar-refractivity contribution >= 4 is 0 Å². The van der Waals surface area contributed by atoms with Gasteiger partial charge < -0.3 is 11.1 Å². The molecule has 1 aliphatic rings. The van der Waals surface area contributed by atoms with Gasteiger partial charge in [0.25, 0.3) is 0 Å². The van der Waals surface area contributed by atoms with Crippen LogP contribution in [0.2, 0.25) is 0 Å². The molecule has 3 heteroatoms. The van der Waals surface area contributed by atoms with E-state index >= 15 is 0 Å². The van der Waals surface area contributed by atoms with Gasteiger partial charge >= 0.3 is 0 Å². The van der Waals surface area contributed by atoms with Gasteiger partial charge in [-0.1, -0.05) is 0 Å². The van der Waals surface area contributed by atoms with Gasteiger partial charge in [-0.25, -0.2) is 5.11 Å². The van der Waals surface area contributed by atoms with Crippen molar-refractivity contribution in [3.05, 3.63) is 0 Å².